The van der Waals surface area contributed by atoms with E-state index in [2.05, 4.69) is 6.58 Å². The Morgan fingerprint density at radius 1 is 1.53 bits per heavy atom. The minimum atomic E-state index is -0.432. The first kappa shape index (κ1) is 11.7. The summed E-state index contributed by atoms with van der Waals surface area (Å²) in [5.74, 6) is -0.433. The number of ether oxygens (including phenoxy) is 1. The molecule has 1 aliphatic carbocycles. The molecule has 1 aromatic rings. The Balaban J connectivity index is 2.57. The van der Waals surface area contributed by atoms with E-state index in [0.29, 0.717) is 12.2 Å². The molecule has 17 heavy (non-hydrogen) atoms. The van der Waals surface area contributed by atoms with Gasteiger partial charge in [0.2, 0.25) is 0 Å². The second-order valence-electron chi connectivity index (χ2n) is 4.10. The predicted molar refractivity (Wildman–Crippen MR) is 66.2 cm³/mol. The summed E-state index contributed by atoms with van der Waals surface area (Å²) in [6, 6.07) is 1.60. The molecule has 0 saturated carbocycles. The van der Waals surface area contributed by atoms with Crippen molar-refractivity contribution in [1.82, 2.24) is 0 Å². The summed E-state index contributed by atoms with van der Waals surface area (Å²) in [6.45, 7) is 5.81. The predicted octanol–water partition coefficient (Wildman–Crippen LogP) is 2.70. The molecule has 0 heterocycles. The fourth-order valence-corrected chi connectivity index (χ4v) is 2.41. The number of benzene rings is 1. The Morgan fingerprint density at radius 3 is 2.88 bits per heavy atom. The molecule has 90 valence electrons. The molecule has 1 aromatic carbocycles. The van der Waals surface area contributed by atoms with Gasteiger partial charge in [0.25, 0.3) is 0 Å². The van der Waals surface area contributed by atoms with E-state index in [0.717, 1.165) is 36.0 Å². The zero-order valence-corrected chi connectivity index (χ0v) is 9.95. The Bertz CT molecular complexity index is 475. The van der Waals surface area contributed by atoms with Gasteiger partial charge in [0, 0.05) is 0 Å². The first-order valence-corrected chi connectivity index (χ1v) is 5.86. The van der Waals surface area contributed by atoms with Crippen LogP contribution in [0.15, 0.2) is 12.6 Å². The topological polar surface area (TPSA) is 46.5 Å². The van der Waals surface area contributed by atoms with Crippen LogP contribution in [-0.4, -0.2) is 17.7 Å². The van der Waals surface area contributed by atoms with Crippen LogP contribution < -0.4 is 0 Å². The highest BCUT2D eigenvalue weighted by molar-refractivity contribution is 5.95. The molecule has 0 unspecified atom stereocenters. The SMILES string of the molecule is C=Cc1cc(O)c(C(=O)OCC)c2c1CCC2. The average molecular weight is 232 g/mol. The molecule has 0 saturated heterocycles. The van der Waals surface area contributed by atoms with Crippen molar-refractivity contribution in [1.29, 1.82) is 0 Å². The Morgan fingerprint density at radius 2 is 2.24 bits per heavy atom. The van der Waals surface area contributed by atoms with E-state index in [1.807, 2.05) is 0 Å². The quantitative estimate of drug-likeness (QED) is 0.815. The average Bonchev–Trinajstić information content (AvgIpc) is 2.76. The molecule has 0 aromatic heterocycles. The third-order valence-electron chi connectivity index (χ3n) is 3.12. The third-order valence-corrected chi connectivity index (χ3v) is 3.12. The van der Waals surface area contributed by atoms with Crippen LogP contribution in [0, 0.1) is 0 Å². The van der Waals surface area contributed by atoms with Gasteiger partial charge in [0.15, 0.2) is 0 Å². The highest BCUT2D eigenvalue weighted by Gasteiger charge is 2.25. The fourth-order valence-electron chi connectivity index (χ4n) is 2.41. The lowest BCUT2D eigenvalue weighted by molar-refractivity contribution is 0.0522. The Hall–Kier alpha value is -1.77. The van der Waals surface area contributed by atoms with Crippen LogP contribution in [0.25, 0.3) is 6.08 Å². The van der Waals surface area contributed by atoms with Gasteiger partial charge in [0.05, 0.1) is 6.61 Å². The number of phenolic OH excluding ortho intramolecular Hbond substituents is 1. The van der Waals surface area contributed by atoms with Gasteiger partial charge in [0.1, 0.15) is 11.3 Å². The van der Waals surface area contributed by atoms with Gasteiger partial charge in [-0.1, -0.05) is 12.7 Å². The van der Waals surface area contributed by atoms with E-state index >= 15 is 0 Å². The number of hydrogen-bond donors (Lipinski definition) is 1. The molecular formula is C14H16O3. The highest BCUT2D eigenvalue weighted by Crippen LogP contribution is 2.35. The number of phenols is 1. The number of rotatable bonds is 3. The summed E-state index contributed by atoms with van der Waals surface area (Å²) in [4.78, 5) is 11.8. The molecule has 0 spiro atoms. The van der Waals surface area contributed by atoms with Crippen LogP contribution in [0.4, 0.5) is 0 Å². The number of hydrogen-bond acceptors (Lipinski definition) is 3. The summed E-state index contributed by atoms with van der Waals surface area (Å²) in [5, 5.41) is 9.94. The van der Waals surface area contributed by atoms with Gasteiger partial charge in [-0.2, -0.15) is 0 Å². The highest BCUT2D eigenvalue weighted by atomic mass is 16.5. The van der Waals surface area contributed by atoms with Crippen molar-refractivity contribution in [2.24, 2.45) is 0 Å². The van der Waals surface area contributed by atoms with E-state index in [-0.39, 0.29) is 5.75 Å². The molecule has 0 radical (unpaired) electrons. The van der Waals surface area contributed by atoms with Crippen molar-refractivity contribution in [3.8, 4) is 5.75 Å². The minimum absolute atomic E-state index is 0.000926. The third kappa shape index (κ3) is 1.93. The smallest absolute Gasteiger partial charge is 0.342 e. The van der Waals surface area contributed by atoms with Crippen LogP contribution in [0.1, 0.15) is 40.4 Å². The zero-order valence-electron chi connectivity index (χ0n) is 9.95. The number of esters is 1. The maximum atomic E-state index is 11.8. The van der Waals surface area contributed by atoms with Gasteiger partial charge >= 0.3 is 5.97 Å². The van der Waals surface area contributed by atoms with Crippen molar-refractivity contribution in [2.45, 2.75) is 26.2 Å². The van der Waals surface area contributed by atoms with Crippen molar-refractivity contribution < 1.29 is 14.6 Å². The van der Waals surface area contributed by atoms with Crippen molar-refractivity contribution >= 4 is 12.0 Å². The summed E-state index contributed by atoms with van der Waals surface area (Å²) in [5.41, 5.74) is 3.31. The largest absolute Gasteiger partial charge is 0.507 e. The lowest BCUT2D eigenvalue weighted by Crippen LogP contribution is -2.09. The first-order valence-electron chi connectivity index (χ1n) is 5.86. The number of carbonyl (C=O) groups is 1. The van der Waals surface area contributed by atoms with Gasteiger partial charge < -0.3 is 9.84 Å². The van der Waals surface area contributed by atoms with Gasteiger partial charge in [-0.25, -0.2) is 4.79 Å². The van der Waals surface area contributed by atoms with Crippen LogP contribution in [0.5, 0.6) is 5.75 Å². The van der Waals surface area contributed by atoms with E-state index in [9.17, 15) is 9.90 Å². The van der Waals surface area contributed by atoms with Crippen molar-refractivity contribution in [3.63, 3.8) is 0 Å². The first-order chi connectivity index (χ1) is 8.19. The van der Waals surface area contributed by atoms with Gasteiger partial charge in [-0.15, -0.1) is 0 Å². The van der Waals surface area contributed by atoms with Gasteiger partial charge in [-0.3, -0.25) is 0 Å². The minimum Gasteiger partial charge on any atom is -0.507 e. The van der Waals surface area contributed by atoms with Crippen LogP contribution in [0.2, 0.25) is 0 Å². The molecule has 0 aliphatic heterocycles. The summed E-state index contributed by atoms with van der Waals surface area (Å²) >= 11 is 0. The van der Waals surface area contributed by atoms with Crippen LogP contribution in [-0.2, 0) is 17.6 Å². The molecule has 3 heteroatoms. The number of fused-ring (bicyclic) bond motifs is 1. The molecule has 0 atom stereocenters. The number of aromatic hydroxyl groups is 1. The normalized spacial score (nSPS) is 13.2. The van der Waals surface area contributed by atoms with E-state index in [4.69, 9.17) is 4.74 Å². The number of carbonyl (C=O) groups excluding carboxylic acids is 1. The molecule has 3 nitrogen and oxygen atoms in total. The van der Waals surface area contributed by atoms with E-state index in [1.54, 1.807) is 19.1 Å². The molecular weight excluding hydrogens is 216 g/mol. The van der Waals surface area contributed by atoms with E-state index < -0.39 is 5.97 Å². The molecule has 1 aliphatic rings. The summed E-state index contributed by atoms with van der Waals surface area (Å²) in [6.07, 6.45) is 4.48. The lowest BCUT2D eigenvalue weighted by atomic mass is 9.97. The van der Waals surface area contributed by atoms with Crippen LogP contribution in [0.3, 0.4) is 0 Å². The standard InChI is InChI=1S/C14H16O3/c1-3-9-8-12(15)13(14(16)17-4-2)11-7-5-6-10(9)11/h3,8,15H,1,4-7H2,2H3. The fraction of sp³-hybridized carbons (Fsp3) is 0.357. The summed E-state index contributed by atoms with van der Waals surface area (Å²) < 4.78 is 4.98. The monoisotopic (exact) mass is 232 g/mol. The molecule has 1 N–H and O–H groups in total. The molecule has 0 fully saturated rings. The lowest BCUT2D eigenvalue weighted by Gasteiger charge is -2.12. The Kier molecular flexibility index (Phi) is 3.18. The molecule has 2 rings (SSSR count). The van der Waals surface area contributed by atoms with Crippen molar-refractivity contribution in [3.05, 3.63) is 34.9 Å². The molecule has 0 bridgehead atoms. The second kappa shape index (κ2) is 4.62. The van der Waals surface area contributed by atoms with Crippen LogP contribution >= 0.6 is 0 Å². The van der Waals surface area contributed by atoms with Gasteiger partial charge in [-0.05, 0) is 48.9 Å². The maximum Gasteiger partial charge on any atom is 0.342 e. The van der Waals surface area contributed by atoms with E-state index in [1.165, 1.54) is 0 Å². The van der Waals surface area contributed by atoms with Crippen molar-refractivity contribution in [2.75, 3.05) is 6.61 Å². The maximum absolute atomic E-state index is 11.8. The zero-order chi connectivity index (χ0) is 12.4. The Labute approximate surface area is 101 Å². The summed E-state index contributed by atoms with van der Waals surface area (Å²) in [7, 11) is 0. The molecule has 0 amide bonds. The second-order valence-corrected chi connectivity index (χ2v) is 4.10.